The van der Waals surface area contributed by atoms with Crippen molar-refractivity contribution in [1.29, 1.82) is 0 Å². The van der Waals surface area contributed by atoms with Crippen LogP contribution in [0.4, 0.5) is 0 Å². The Morgan fingerprint density at radius 3 is 2.86 bits per heavy atom. The summed E-state index contributed by atoms with van der Waals surface area (Å²) in [5, 5.41) is 8.87. The zero-order chi connectivity index (χ0) is 10.6. The lowest BCUT2D eigenvalue weighted by Gasteiger charge is -2.24. The summed E-state index contributed by atoms with van der Waals surface area (Å²) in [5.74, 6) is 2.56. The van der Waals surface area contributed by atoms with E-state index in [1.54, 1.807) is 0 Å². The van der Waals surface area contributed by atoms with Crippen molar-refractivity contribution >= 4 is 0 Å². The Labute approximate surface area is 84.8 Å². The number of rotatable bonds is 3. The smallest absolute Gasteiger partial charge is 0.0451 e. The lowest BCUT2D eigenvalue weighted by Crippen LogP contribution is -2.34. The van der Waals surface area contributed by atoms with Gasteiger partial charge in [-0.3, -0.25) is 0 Å². The summed E-state index contributed by atoms with van der Waals surface area (Å²) in [5.41, 5.74) is 7.31. The van der Waals surface area contributed by atoms with Crippen molar-refractivity contribution in [2.45, 2.75) is 18.9 Å². The largest absolute Gasteiger partial charge is 0.396 e. The molecule has 0 saturated heterocycles. The van der Waals surface area contributed by atoms with Gasteiger partial charge in [0.15, 0.2) is 0 Å². The molecule has 1 atom stereocenters. The van der Waals surface area contributed by atoms with Gasteiger partial charge in [-0.1, -0.05) is 18.1 Å². The van der Waals surface area contributed by atoms with E-state index in [2.05, 4.69) is 5.92 Å². The first kappa shape index (κ1) is 10.8. The van der Waals surface area contributed by atoms with E-state index in [-0.39, 0.29) is 6.61 Å². The topological polar surface area (TPSA) is 46.2 Å². The number of nitrogens with two attached hydrogens (primary N) is 1. The molecule has 2 nitrogen and oxygen atoms in total. The van der Waals surface area contributed by atoms with Gasteiger partial charge >= 0.3 is 0 Å². The second kappa shape index (κ2) is 4.28. The van der Waals surface area contributed by atoms with E-state index >= 15 is 0 Å². The van der Waals surface area contributed by atoms with Gasteiger partial charge in [0.05, 0.1) is 0 Å². The third-order valence-electron chi connectivity index (χ3n) is 2.32. The van der Waals surface area contributed by atoms with Crippen molar-refractivity contribution in [3.63, 3.8) is 0 Å². The normalized spacial score (nSPS) is 14.4. The molecule has 1 aromatic rings. The highest BCUT2D eigenvalue weighted by molar-refractivity contribution is 5.37. The Morgan fingerprint density at radius 1 is 1.57 bits per heavy atom. The second-order valence-corrected chi connectivity index (χ2v) is 3.62. The van der Waals surface area contributed by atoms with Crippen LogP contribution in [0.15, 0.2) is 24.3 Å². The molecule has 0 aliphatic carbocycles. The van der Waals surface area contributed by atoms with Crippen LogP contribution in [0.2, 0.25) is 0 Å². The molecule has 2 heteroatoms. The van der Waals surface area contributed by atoms with Gasteiger partial charge in [0, 0.05) is 17.7 Å². The minimum absolute atomic E-state index is 0.0767. The fourth-order valence-electron chi connectivity index (χ4n) is 1.34. The van der Waals surface area contributed by atoms with Crippen LogP contribution in [-0.4, -0.2) is 11.7 Å². The molecule has 0 heterocycles. The van der Waals surface area contributed by atoms with E-state index in [1.165, 1.54) is 0 Å². The first-order chi connectivity index (χ1) is 6.60. The third-order valence-corrected chi connectivity index (χ3v) is 2.32. The fraction of sp³-hybridized carbons (Fsp3) is 0.333. The highest BCUT2D eigenvalue weighted by atomic mass is 16.3. The third kappa shape index (κ3) is 2.35. The molecule has 0 saturated carbocycles. The molecule has 0 bridgehead atoms. The predicted octanol–water partition coefficient (Wildman–Crippen LogP) is 1.22. The van der Waals surface area contributed by atoms with Crippen LogP contribution >= 0.6 is 0 Å². The number of aliphatic hydroxyl groups excluding tert-OH is 1. The predicted molar refractivity (Wildman–Crippen MR) is 57.6 cm³/mol. The maximum Gasteiger partial charge on any atom is 0.0451 e. The van der Waals surface area contributed by atoms with Gasteiger partial charge in [-0.25, -0.2) is 0 Å². The van der Waals surface area contributed by atoms with Crippen LogP contribution in [0.5, 0.6) is 0 Å². The maximum absolute atomic E-state index is 8.87. The molecule has 3 N–H and O–H groups in total. The summed E-state index contributed by atoms with van der Waals surface area (Å²) in [4.78, 5) is 0. The highest BCUT2D eigenvalue weighted by Crippen LogP contribution is 2.21. The zero-order valence-electron chi connectivity index (χ0n) is 8.33. The molecule has 14 heavy (non-hydrogen) atoms. The fourth-order valence-corrected chi connectivity index (χ4v) is 1.34. The number of hydrogen-bond acceptors (Lipinski definition) is 2. The molecule has 1 rings (SSSR count). The van der Waals surface area contributed by atoms with E-state index in [0.29, 0.717) is 6.42 Å². The number of aliphatic hydroxyl groups is 1. The second-order valence-electron chi connectivity index (χ2n) is 3.62. The number of benzene rings is 1. The lowest BCUT2D eigenvalue weighted by atomic mass is 9.89. The van der Waals surface area contributed by atoms with Crippen LogP contribution in [0.3, 0.4) is 0 Å². The van der Waals surface area contributed by atoms with Gasteiger partial charge in [-0.2, -0.15) is 0 Å². The summed E-state index contributed by atoms with van der Waals surface area (Å²) < 4.78 is 0. The van der Waals surface area contributed by atoms with Crippen LogP contribution in [0.25, 0.3) is 0 Å². The molecular weight excluding hydrogens is 174 g/mol. The van der Waals surface area contributed by atoms with Crippen molar-refractivity contribution in [1.82, 2.24) is 0 Å². The molecule has 74 valence electrons. The number of hydrogen-bond donors (Lipinski definition) is 2. The Morgan fingerprint density at radius 2 is 2.29 bits per heavy atom. The van der Waals surface area contributed by atoms with Gasteiger partial charge < -0.3 is 10.8 Å². The van der Waals surface area contributed by atoms with Crippen LogP contribution in [-0.2, 0) is 5.54 Å². The first-order valence-electron chi connectivity index (χ1n) is 4.57. The monoisotopic (exact) mass is 189 g/mol. The van der Waals surface area contributed by atoms with Gasteiger partial charge in [0.25, 0.3) is 0 Å². The first-order valence-corrected chi connectivity index (χ1v) is 4.57. The van der Waals surface area contributed by atoms with E-state index in [9.17, 15) is 0 Å². The molecule has 0 aromatic heterocycles. The summed E-state index contributed by atoms with van der Waals surface area (Å²) in [7, 11) is 0. The van der Waals surface area contributed by atoms with Crippen molar-refractivity contribution in [3.8, 4) is 12.3 Å². The molecule has 0 aliphatic heterocycles. The van der Waals surface area contributed by atoms with E-state index in [1.807, 2.05) is 31.2 Å². The molecule has 1 aromatic carbocycles. The maximum atomic E-state index is 8.87. The van der Waals surface area contributed by atoms with Crippen molar-refractivity contribution < 1.29 is 5.11 Å². The molecule has 0 amide bonds. The van der Waals surface area contributed by atoms with Crippen molar-refractivity contribution in [2.24, 2.45) is 5.73 Å². The Hall–Kier alpha value is -1.30. The Kier molecular flexibility index (Phi) is 3.29. The highest BCUT2D eigenvalue weighted by Gasteiger charge is 2.20. The summed E-state index contributed by atoms with van der Waals surface area (Å²) in [6.07, 6.45) is 5.82. The number of terminal acetylenes is 1. The summed E-state index contributed by atoms with van der Waals surface area (Å²) in [6.45, 7) is 1.96. The molecule has 0 fully saturated rings. The molecule has 0 unspecified atom stereocenters. The minimum Gasteiger partial charge on any atom is -0.396 e. The van der Waals surface area contributed by atoms with Crippen molar-refractivity contribution in [2.75, 3.05) is 6.61 Å². The van der Waals surface area contributed by atoms with Gasteiger partial charge in [0.2, 0.25) is 0 Å². The van der Waals surface area contributed by atoms with E-state index in [4.69, 9.17) is 17.3 Å². The SMILES string of the molecule is C#Cc1cccc([C@](C)(N)CCO)c1. The van der Waals surface area contributed by atoms with Gasteiger partial charge in [-0.05, 0) is 31.0 Å². The molecule has 0 spiro atoms. The van der Waals surface area contributed by atoms with E-state index < -0.39 is 5.54 Å². The molecular formula is C12H15NO. The summed E-state index contributed by atoms with van der Waals surface area (Å²) >= 11 is 0. The van der Waals surface area contributed by atoms with Crippen LogP contribution in [0, 0.1) is 12.3 Å². The van der Waals surface area contributed by atoms with Crippen LogP contribution in [0.1, 0.15) is 24.5 Å². The average molecular weight is 189 g/mol. The van der Waals surface area contributed by atoms with Gasteiger partial charge in [0.1, 0.15) is 0 Å². The van der Waals surface area contributed by atoms with Gasteiger partial charge in [-0.15, -0.1) is 6.42 Å². The van der Waals surface area contributed by atoms with Crippen LogP contribution < -0.4 is 5.73 Å². The average Bonchev–Trinajstić information content (AvgIpc) is 2.18. The zero-order valence-corrected chi connectivity index (χ0v) is 8.33. The minimum atomic E-state index is -0.512. The van der Waals surface area contributed by atoms with Crippen molar-refractivity contribution in [3.05, 3.63) is 35.4 Å². The standard InChI is InChI=1S/C12H15NO/c1-3-10-5-4-6-11(9-10)12(2,13)7-8-14/h1,4-6,9,14H,7-8,13H2,2H3/t12-/m1/s1. The Bertz CT molecular complexity index is 350. The lowest BCUT2D eigenvalue weighted by molar-refractivity contribution is 0.247. The quantitative estimate of drug-likeness (QED) is 0.702. The molecule has 0 radical (unpaired) electrons. The van der Waals surface area contributed by atoms with E-state index in [0.717, 1.165) is 11.1 Å². The summed E-state index contributed by atoms with van der Waals surface area (Å²) in [6, 6.07) is 7.55. The molecule has 0 aliphatic rings. The Balaban J connectivity index is 3.01.